The minimum Gasteiger partial charge on any atom is -0.379 e. The Kier molecular flexibility index (Phi) is 8.22. The normalized spacial score (nSPS) is 14.1. The van der Waals surface area contributed by atoms with Crippen molar-refractivity contribution in [3.05, 3.63) is 76.8 Å². The van der Waals surface area contributed by atoms with Crippen LogP contribution in [0.2, 0.25) is 5.02 Å². The maximum absolute atomic E-state index is 13.0. The summed E-state index contributed by atoms with van der Waals surface area (Å²) in [6.07, 6.45) is 1.31. The Morgan fingerprint density at radius 3 is 2.24 bits per heavy atom. The van der Waals surface area contributed by atoms with E-state index in [1.54, 1.807) is 48.5 Å². The number of nitrogens with one attached hydrogen (secondary N) is 4. The smallest absolute Gasteiger partial charge is 0.276 e. The molecule has 1 aliphatic rings. The SMILES string of the molecule is CC(C)(CN1CCOCC1)NC(=O)c1[nH]cnc1C(=O)Nc1ccc(NC(=O)c2ccccc2Cl)cc1. The highest BCUT2D eigenvalue weighted by Crippen LogP contribution is 2.19. The summed E-state index contributed by atoms with van der Waals surface area (Å²) in [5.74, 6) is -1.30. The van der Waals surface area contributed by atoms with E-state index >= 15 is 0 Å². The van der Waals surface area contributed by atoms with Gasteiger partial charge in [0.25, 0.3) is 17.7 Å². The Balaban J connectivity index is 1.36. The monoisotopic (exact) mass is 524 g/mol. The van der Waals surface area contributed by atoms with Gasteiger partial charge in [-0.3, -0.25) is 19.3 Å². The van der Waals surface area contributed by atoms with E-state index in [-0.39, 0.29) is 17.3 Å². The van der Waals surface area contributed by atoms with Gasteiger partial charge in [-0.15, -0.1) is 0 Å². The zero-order chi connectivity index (χ0) is 26.4. The fourth-order valence-electron chi connectivity index (χ4n) is 4.04. The molecule has 0 unspecified atom stereocenters. The number of rotatable bonds is 8. The number of benzene rings is 2. The van der Waals surface area contributed by atoms with Crippen molar-refractivity contribution in [3.8, 4) is 0 Å². The van der Waals surface area contributed by atoms with Crippen LogP contribution in [0.15, 0.2) is 54.9 Å². The second-order valence-corrected chi connectivity index (χ2v) is 9.73. The summed E-state index contributed by atoms with van der Waals surface area (Å²) in [4.78, 5) is 47.4. The van der Waals surface area contributed by atoms with Crippen LogP contribution in [0, 0.1) is 0 Å². The number of nitrogens with zero attached hydrogens (tertiary/aromatic N) is 2. The predicted molar refractivity (Wildman–Crippen MR) is 141 cm³/mol. The minimum atomic E-state index is -0.537. The summed E-state index contributed by atoms with van der Waals surface area (Å²) in [6, 6.07) is 13.3. The van der Waals surface area contributed by atoms with E-state index in [4.69, 9.17) is 16.3 Å². The minimum absolute atomic E-state index is 0.0178. The Hall–Kier alpha value is -3.73. The number of hydrogen-bond donors (Lipinski definition) is 4. The molecule has 1 fully saturated rings. The van der Waals surface area contributed by atoms with Crippen LogP contribution in [0.25, 0.3) is 0 Å². The number of anilines is 2. The number of hydrogen-bond acceptors (Lipinski definition) is 6. The lowest BCUT2D eigenvalue weighted by molar-refractivity contribution is 0.0268. The summed E-state index contributed by atoms with van der Waals surface area (Å²) in [5, 5.41) is 8.84. The van der Waals surface area contributed by atoms with Crippen LogP contribution >= 0.6 is 11.6 Å². The Bertz CT molecular complexity index is 1270. The average Bonchev–Trinajstić information content (AvgIpc) is 3.36. The molecule has 1 aliphatic heterocycles. The fourth-order valence-corrected chi connectivity index (χ4v) is 4.26. The first kappa shape index (κ1) is 26.3. The fraction of sp³-hybridized carbons (Fsp3) is 0.308. The third kappa shape index (κ3) is 6.94. The van der Waals surface area contributed by atoms with Crippen molar-refractivity contribution in [2.45, 2.75) is 19.4 Å². The van der Waals surface area contributed by atoms with Gasteiger partial charge in [0.2, 0.25) is 0 Å². The van der Waals surface area contributed by atoms with Gasteiger partial charge in [-0.2, -0.15) is 0 Å². The summed E-state index contributed by atoms with van der Waals surface area (Å²) < 4.78 is 5.38. The number of carbonyl (C=O) groups is 3. The number of carbonyl (C=O) groups excluding carboxylic acids is 3. The van der Waals surface area contributed by atoms with Gasteiger partial charge in [-0.1, -0.05) is 23.7 Å². The van der Waals surface area contributed by atoms with Gasteiger partial charge in [0, 0.05) is 36.5 Å². The van der Waals surface area contributed by atoms with E-state index in [9.17, 15) is 14.4 Å². The molecule has 0 spiro atoms. The average molecular weight is 525 g/mol. The molecule has 3 aromatic rings. The highest BCUT2D eigenvalue weighted by atomic mass is 35.5. The number of morpholine rings is 1. The van der Waals surface area contributed by atoms with Crippen molar-refractivity contribution in [2.75, 3.05) is 43.5 Å². The Morgan fingerprint density at radius 2 is 1.59 bits per heavy atom. The van der Waals surface area contributed by atoms with Gasteiger partial charge >= 0.3 is 0 Å². The van der Waals surface area contributed by atoms with Crippen molar-refractivity contribution in [1.29, 1.82) is 0 Å². The molecule has 0 radical (unpaired) electrons. The molecule has 1 aromatic heterocycles. The van der Waals surface area contributed by atoms with E-state index in [1.807, 2.05) is 13.8 Å². The van der Waals surface area contributed by atoms with Gasteiger partial charge in [0.1, 0.15) is 5.69 Å². The number of ether oxygens (including phenoxy) is 1. The lowest BCUT2D eigenvalue weighted by Crippen LogP contribution is -2.53. The molecule has 0 atom stereocenters. The van der Waals surface area contributed by atoms with E-state index in [1.165, 1.54) is 6.33 Å². The lowest BCUT2D eigenvalue weighted by Gasteiger charge is -2.35. The van der Waals surface area contributed by atoms with Crippen molar-refractivity contribution >= 4 is 40.7 Å². The van der Waals surface area contributed by atoms with Crippen LogP contribution < -0.4 is 16.0 Å². The van der Waals surface area contributed by atoms with Crippen LogP contribution in [0.3, 0.4) is 0 Å². The van der Waals surface area contributed by atoms with E-state index in [2.05, 4.69) is 30.8 Å². The Labute approximate surface area is 219 Å². The highest BCUT2D eigenvalue weighted by molar-refractivity contribution is 6.34. The van der Waals surface area contributed by atoms with Crippen molar-refractivity contribution in [2.24, 2.45) is 0 Å². The van der Waals surface area contributed by atoms with E-state index in [0.717, 1.165) is 13.1 Å². The largest absolute Gasteiger partial charge is 0.379 e. The molecular weight excluding hydrogens is 496 g/mol. The third-order valence-corrected chi connectivity index (χ3v) is 6.10. The van der Waals surface area contributed by atoms with Crippen molar-refractivity contribution < 1.29 is 19.1 Å². The first-order chi connectivity index (χ1) is 17.7. The molecule has 11 heteroatoms. The zero-order valence-corrected chi connectivity index (χ0v) is 21.4. The molecule has 0 saturated carbocycles. The molecular formula is C26H29ClN6O4. The topological polar surface area (TPSA) is 128 Å². The Morgan fingerprint density at radius 1 is 0.973 bits per heavy atom. The quantitative estimate of drug-likeness (QED) is 0.357. The molecule has 4 N–H and O–H groups in total. The molecule has 2 aromatic carbocycles. The summed E-state index contributed by atoms with van der Waals surface area (Å²) in [5.41, 5.74) is 0.899. The summed E-state index contributed by atoms with van der Waals surface area (Å²) >= 11 is 6.08. The van der Waals surface area contributed by atoms with Gasteiger partial charge in [-0.25, -0.2) is 4.98 Å². The molecule has 37 heavy (non-hydrogen) atoms. The van der Waals surface area contributed by atoms with Gasteiger partial charge in [0.15, 0.2) is 5.69 Å². The molecule has 1 saturated heterocycles. The zero-order valence-electron chi connectivity index (χ0n) is 20.6. The number of amides is 3. The van der Waals surface area contributed by atoms with Gasteiger partial charge < -0.3 is 25.7 Å². The molecule has 4 rings (SSSR count). The number of H-pyrrole nitrogens is 1. The lowest BCUT2D eigenvalue weighted by atomic mass is 10.0. The van der Waals surface area contributed by atoms with E-state index in [0.29, 0.717) is 41.7 Å². The first-order valence-electron chi connectivity index (χ1n) is 11.9. The summed E-state index contributed by atoms with van der Waals surface area (Å²) in [7, 11) is 0. The molecule has 194 valence electrons. The second-order valence-electron chi connectivity index (χ2n) is 9.32. The maximum atomic E-state index is 13.0. The number of halogens is 1. The number of imidazole rings is 1. The van der Waals surface area contributed by atoms with Crippen LogP contribution in [0.1, 0.15) is 45.2 Å². The van der Waals surface area contributed by atoms with E-state index < -0.39 is 17.4 Å². The first-order valence-corrected chi connectivity index (χ1v) is 12.2. The van der Waals surface area contributed by atoms with Gasteiger partial charge in [0.05, 0.1) is 30.1 Å². The summed E-state index contributed by atoms with van der Waals surface area (Å²) in [6.45, 7) is 7.47. The van der Waals surface area contributed by atoms with Crippen LogP contribution in [0.4, 0.5) is 11.4 Å². The van der Waals surface area contributed by atoms with Crippen LogP contribution in [0.5, 0.6) is 0 Å². The van der Waals surface area contributed by atoms with Crippen molar-refractivity contribution in [1.82, 2.24) is 20.2 Å². The molecule has 3 amide bonds. The molecule has 0 aliphatic carbocycles. The van der Waals surface area contributed by atoms with Gasteiger partial charge in [-0.05, 0) is 50.2 Å². The van der Waals surface area contributed by atoms with Crippen LogP contribution in [-0.2, 0) is 4.74 Å². The third-order valence-electron chi connectivity index (χ3n) is 5.78. The second kappa shape index (κ2) is 11.5. The van der Waals surface area contributed by atoms with Crippen LogP contribution in [-0.4, -0.2) is 71.0 Å². The molecule has 0 bridgehead atoms. The highest BCUT2D eigenvalue weighted by Gasteiger charge is 2.28. The predicted octanol–water partition coefficient (Wildman–Crippen LogP) is 3.41. The number of aromatic amines is 1. The number of aromatic nitrogens is 2. The van der Waals surface area contributed by atoms with Crippen molar-refractivity contribution in [3.63, 3.8) is 0 Å². The molecule has 10 nitrogen and oxygen atoms in total. The standard InChI is InChI=1S/C26H29ClN6O4/c1-26(2,15-33-11-13-37-14-12-33)32-25(36)22-21(28-16-29-22)24(35)31-18-9-7-17(8-10-18)30-23(34)19-5-3-4-6-20(19)27/h3-10,16H,11-15H2,1-2H3,(H,28,29)(H,30,34)(H,31,35)(H,32,36). The molecule has 2 heterocycles. The maximum Gasteiger partial charge on any atom is 0.276 e.